The van der Waals surface area contributed by atoms with Crippen molar-refractivity contribution in [3.63, 3.8) is 0 Å². The number of pyridine rings is 1. The molecule has 0 saturated carbocycles. The summed E-state index contributed by atoms with van der Waals surface area (Å²) in [5.74, 6) is 0.800. The first kappa shape index (κ1) is 13.3. The Bertz CT molecular complexity index is 521. The Morgan fingerprint density at radius 2 is 2.28 bits per heavy atom. The molecule has 2 heterocycles. The Morgan fingerprint density at radius 3 is 3.06 bits per heavy atom. The van der Waals surface area contributed by atoms with Crippen molar-refractivity contribution in [2.75, 3.05) is 11.9 Å². The summed E-state index contributed by atoms with van der Waals surface area (Å²) in [5, 5.41) is 4.93. The molecule has 94 valence electrons. The molecule has 0 fully saturated rings. The first-order valence-electron chi connectivity index (χ1n) is 5.64. The van der Waals surface area contributed by atoms with E-state index >= 15 is 0 Å². The molecular formula is C12H13BrN4S. The fourth-order valence-electron chi connectivity index (χ4n) is 1.28. The number of rotatable bonds is 5. The van der Waals surface area contributed by atoms with E-state index in [1.54, 1.807) is 18.6 Å². The summed E-state index contributed by atoms with van der Waals surface area (Å²) in [6.07, 6.45) is 6.29. The number of anilines is 1. The molecule has 0 atom stereocenters. The van der Waals surface area contributed by atoms with Crippen LogP contribution >= 0.6 is 27.7 Å². The van der Waals surface area contributed by atoms with Gasteiger partial charge in [0.05, 0.1) is 16.9 Å². The lowest BCUT2D eigenvalue weighted by Gasteiger charge is -2.05. The van der Waals surface area contributed by atoms with Gasteiger partial charge in [-0.05, 0) is 46.2 Å². The molecule has 0 unspecified atom stereocenters. The summed E-state index contributed by atoms with van der Waals surface area (Å²) in [6, 6.07) is 3.85. The van der Waals surface area contributed by atoms with Crippen molar-refractivity contribution in [1.29, 1.82) is 0 Å². The Hall–Kier alpha value is -1.14. The highest BCUT2D eigenvalue weighted by atomic mass is 79.9. The number of hydrogen-bond donors (Lipinski definition) is 1. The third kappa shape index (κ3) is 3.68. The molecule has 0 amide bonds. The van der Waals surface area contributed by atoms with Gasteiger partial charge in [0.2, 0.25) is 0 Å². The van der Waals surface area contributed by atoms with Crippen LogP contribution in [0.4, 0.5) is 5.82 Å². The average Bonchev–Trinajstić information content (AvgIpc) is 2.40. The molecule has 2 rings (SSSR count). The molecule has 2 aromatic heterocycles. The maximum absolute atomic E-state index is 4.48. The fourth-order valence-corrected chi connectivity index (χ4v) is 2.51. The van der Waals surface area contributed by atoms with Gasteiger partial charge in [0, 0.05) is 12.7 Å². The zero-order valence-corrected chi connectivity index (χ0v) is 12.3. The van der Waals surface area contributed by atoms with Crippen LogP contribution in [0.3, 0.4) is 0 Å². The molecule has 0 aliphatic heterocycles. The quantitative estimate of drug-likeness (QED) is 0.910. The predicted molar refractivity (Wildman–Crippen MR) is 76.9 cm³/mol. The van der Waals surface area contributed by atoms with E-state index in [2.05, 4.69) is 43.1 Å². The van der Waals surface area contributed by atoms with E-state index in [4.69, 9.17) is 0 Å². The van der Waals surface area contributed by atoms with Crippen molar-refractivity contribution in [3.05, 3.63) is 35.2 Å². The number of nitrogens with zero attached hydrogens (tertiary/aromatic N) is 3. The van der Waals surface area contributed by atoms with Crippen LogP contribution in [-0.2, 0) is 0 Å². The Morgan fingerprint density at radius 1 is 1.39 bits per heavy atom. The smallest absolute Gasteiger partial charge is 0.145 e. The van der Waals surface area contributed by atoms with Gasteiger partial charge in [-0.25, -0.2) is 9.97 Å². The highest BCUT2D eigenvalue weighted by Gasteiger charge is 2.05. The minimum absolute atomic E-state index is 0.800. The number of nitrogens with one attached hydrogen (secondary N) is 1. The molecule has 4 nitrogen and oxygen atoms in total. The second-order valence-electron chi connectivity index (χ2n) is 3.56. The minimum atomic E-state index is 0.800. The van der Waals surface area contributed by atoms with Gasteiger partial charge in [0.25, 0.3) is 0 Å². The number of halogens is 1. The molecule has 18 heavy (non-hydrogen) atoms. The Balaban J connectivity index is 2.12. The molecule has 6 heteroatoms. The maximum Gasteiger partial charge on any atom is 0.145 e. The molecule has 0 aliphatic carbocycles. The standard InChI is InChI=1S/C12H13BrN4S/c1-2-5-15-10-7-14-8-11(17-10)18-12-9(13)4-3-6-16-12/h3-4,6-8H,2,5H2,1H3,(H,15,17). The molecule has 0 bridgehead atoms. The van der Waals surface area contributed by atoms with Crippen molar-refractivity contribution in [2.24, 2.45) is 0 Å². The highest BCUT2D eigenvalue weighted by Crippen LogP contribution is 2.30. The lowest BCUT2D eigenvalue weighted by Crippen LogP contribution is -2.02. The van der Waals surface area contributed by atoms with Crippen LogP contribution in [0.15, 0.2) is 45.2 Å². The Kier molecular flexibility index (Phi) is 4.95. The molecule has 0 saturated heterocycles. The summed E-state index contributed by atoms with van der Waals surface area (Å²) in [4.78, 5) is 12.9. The predicted octanol–water partition coefficient (Wildman–Crippen LogP) is 3.61. The molecule has 0 aromatic carbocycles. The summed E-state index contributed by atoms with van der Waals surface area (Å²) in [5.41, 5.74) is 0. The number of aromatic nitrogens is 3. The third-order valence-electron chi connectivity index (χ3n) is 2.09. The largest absolute Gasteiger partial charge is 0.369 e. The third-order valence-corrected chi connectivity index (χ3v) is 3.92. The monoisotopic (exact) mass is 324 g/mol. The van der Waals surface area contributed by atoms with Crippen LogP contribution < -0.4 is 5.32 Å². The van der Waals surface area contributed by atoms with E-state index in [1.807, 2.05) is 12.1 Å². The van der Waals surface area contributed by atoms with E-state index in [-0.39, 0.29) is 0 Å². The van der Waals surface area contributed by atoms with Crippen molar-refractivity contribution in [2.45, 2.75) is 23.4 Å². The van der Waals surface area contributed by atoms with E-state index in [0.717, 1.165) is 33.3 Å². The summed E-state index contributed by atoms with van der Waals surface area (Å²) in [6.45, 7) is 3.01. The van der Waals surface area contributed by atoms with Crippen LogP contribution in [0.25, 0.3) is 0 Å². The molecule has 0 spiro atoms. The van der Waals surface area contributed by atoms with Gasteiger partial charge in [-0.1, -0.05) is 6.92 Å². The zero-order valence-electron chi connectivity index (χ0n) is 9.93. The lowest BCUT2D eigenvalue weighted by atomic mass is 10.5. The van der Waals surface area contributed by atoms with Gasteiger partial charge in [0.1, 0.15) is 15.9 Å². The van der Waals surface area contributed by atoms with Crippen molar-refractivity contribution >= 4 is 33.5 Å². The normalized spacial score (nSPS) is 10.3. The minimum Gasteiger partial charge on any atom is -0.369 e. The Labute approximate surface area is 119 Å². The van der Waals surface area contributed by atoms with Crippen LogP contribution in [0.2, 0.25) is 0 Å². The van der Waals surface area contributed by atoms with Crippen LogP contribution in [0.5, 0.6) is 0 Å². The van der Waals surface area contributed by atoms with Crippen LogP contribution in [-0.4, -0.2) is 21.5 Å². The highest BCUT2D eigenvalue weighted by molar-refractivity contribution is 9.10. The summed E-state index contributed by atoms with van der Waals surface area (Å²) < 4.78 is 0.962. The zero-order chi connectivity index (χ0) is 12.8. The van der Waals surface area contributed by atoms with E-state index < -0.39 is 0 Å². The van der Waals surface area contributed by atoms with E-state index in [0.29, 0.717) is 0 Å². The SMILES string of the molecule is CCCNc1cncc(Sc2ncccc2Br)n1. The summed E-state index contributed by atoms with van der Waals surface area (Å²) in [7, 11) is 0. The van der Waals surface area contributed by atoms with Gasteiger partial charge in [-0.2, -0.15) is 0 Å². The number of hydrogen-bond acceptors (Lipinski definition) is 5. The molecule has 0 radical (unpaired) electrons. The average molecular weight is 325 g/mol. The molecule has 1 N–H and O–H groups in total. The van der Waals surface area contributed by atoms with Crippen LogP contribution in [0.1, 0.15) is 13.3 Å². The van der Waals surface area contributed by atoms with Crippen molar-refractivity contribution in [3.8, 4) is 0 Å². The van der Waals surface area contributed by atoms with Gasteiger partial charge in [-0.3, -0.25) is 4.98 Å². The van der Waals surface area contributed by atoms with Gasteiger partial charge < -0.3 is 5.32 Å². The second-order valence-corrected chi connectivity index (χ2v) is 5.43. The van der Waals surface area contributed by atoms with E-state index in [1.165, 1.54) is 11.8 Å². The molecule has 2 aromatic rings. The van der Waals surface area contributed by atoms with Crippen molar-refractivity contribution < 1.29 is 0 Å². The first-order valence-corrected chi connectivity index (χ1v) is 7.25. The van der Waals surface area contributed by atoms with Gasteiger partial charge in [-0.15, -0.1) is 0 Å². The first-order chi connectivity index (χ1) is 8.79. The van der Waals surface area contributed by atoms with Crippen molar-refractivity contribution in [1.82, 2.24) is 15.0 Å². The summed E-state index contributed by atoms with van der Waals surface area (Å²) >= 11 is 4.96. The van der Waals surface area contributed by atoms with Crippen LogP contribution in [0, 0.1) is 0 Å². The molecular weight excluding hydrogens is 312 g/mol. The van der Waals surface area contributed by atoms with Gasteiger partial charge in [0.15, 0.2) is 0 Å². The second kappa shape index (κ2) is 6.70. The fraction of sp³-hybridized carbons (Fsp3) is 0.250. The lowest BCUT2D eigenvalue weighted by molar-refractivity contribution is 0.947. The van der Waals surface area contributed by atoms with E-state index in [9.17, 15) is 0 Å². The topological polar surface area (TPSA) is 50.7 Å². The maximum atomic E-state index is 4.48. The van der Waals surface area contributed by atoms with Gasteiger partial charge >= 0.3 is 0 Å². The molecule has 0 aliphatic rings.